The Balaban J connectivity index is 1.41. The average Bonchev–Trinajstić information content (AvgIpc) is 3.32. The zero-order valence-electron chi connectivity index (χ0n) is 19.0. The summed E-state index contributed by atoms with van der Waals surface area (Å²) in [6.45, 7) is 1.44. The Bertz CT molecular complexity index is 1310. The molecule has 4 aromatic rings. The minimum atomic E-state index is -0.610. The molecule has 4 rings (SSSR count). The molecule has 35 heavy (non-hydrogen) atoms. The summed E-state index contributed by atoms with van der Waals surface area (Å²) in [5.41, 5.74) is 3.52. The van der Waals surface area contributed by atoms with E-state index in [9.17, 15) is 14.4 Å². The molecule has 0 aliphatic heterocycles. The van der Waals surface area contributed by atoms with E-state index in [1.807, 2.05) is 72.8 Å². The fraction of sp³-hybridized carbons (Fsp3) is 0.107. The van der Waals surface area contributed by atoms with Gasteiger partial charge in [-0.2, -0.15) is 0 Å². The molecule has 1 N–H and O–H groups in total. The smallest absolute Gasteiger partial charge is 0.341 e. The number of hydrogen-bond donors (Lipinski definition) is 1. The van der Waals surface area contributed by atoms with E-state index >= 15 is 0 Å². The van der Waals surface area contributed by atoms with Crippen molar-refractivity contribution in [3.05, 3.63) is 102 Å². The number of amides is 1. The first-order valence-corrected chi connectivity index (χ1v) is 11.9. The normalized spacial score (nSPS) is 10.4. The Morgan fingerprint density at radius 2 is 1.34 bits per heavy atom. The highest BCUT2D eigenvalue weighted by Gasteiger charge is 2.20. The Kier molecular flexibility index (Phi) is 7.70. The summed E-state index contributed by atoms with van der Waals surface area (Å²) in [7, 11) is 0. The van der Waals surface area contributed by atoms with E-state index in [0.717, 1.165) is 21.6 Å². The van der Waals surface area contributed by atoms with Crippen LogP contribution in [0, 0.1) is 0 Å². The van der Waals surface area contributed by atoms with E-state index in [2.05, 4.69) is 5.32 Å². The molecule has 0 fully saturated rings. The van der Waals surface area contributed by atoms with Gasteiger partial charge in [-0.1, -0.05) is 72.8 Å². The molecule has 0 unspecified atom stereocenters. The van der Waals surface area contributed by atoms with Gasteiger partial charge in [0.2, 0.25) is 0 Å². The summed E-state index contributed by atoms with van der Waals surface area (Å²) in [5, 5.41) is 3.02. The molecule has 0 bridgehead atoms. The molecule has 0 atom stereocenters. The van der Waals surface area contributed by atoms with Crippen LogP contribution in [-0.4, -0.2) is 31.1 Å². The lowest BCUT2D eigenvalue weighted by Crippen LogP contribution is -2.21. The van der Waals surface area contributed by atoms with Crippen molar-refractivity contribution in [1.82, 2.24) is 0 Å². The van der Waals surface area contributed by atoms with E-state index in [1.54, 1.807) is 25.1 Å². The second kappa shape index (κ2) is 11.3. The zero-order valence-corrected chi connectivity index (χ0v) is 19.8. The van der Waals surface area contributed by atoms with Crippen LogP contribution in [0.2, 0.25) is 0 Å². The molecule has 3 aromatic carbocycles. The van der Waals surface area contributed by atoms with Gasteiger partial charge in [-0.25, -0.2) is 9.59 Å². The number of thiophene rings is 1. The third kappa shape index (κ3) is 6.02. The van der Waals surface area contributed by atoms with Crippen molar-refractivity contribution in [3.8, 4) is 21.6 Å². The highest BCUT2D eigenvalue weighted by atomic mass is 32.1. The minimum Gasteiger partial charge on any atom is -0.462 e. The molecule has 0 spiro atoms. The van der Waals surface area contributed by atoms with Crippen molar-refractivity contribution in [2.24, 2.45) is 0 Å². The molecule has 176 valence electrons. The Labute approximate surface area is 207 Å². The number of benzene rings is 3. The van der Waals surface area contributed by atoms with E-state index in [-0.39, 0.29) is 12.2 Å². The lowest BCUT2D eigenvalue weighted by atomic mass is 10.0. The van der Waals surface area contributed by atoms with Gasteiger partial charge in [0.15, 0.2) is 6.61 Å². The highest BCUT2D eigenvalue weighted by Crippen LogP contribution is 2.36. The number of nitrogens with one attached hydrogen (secondary N) is 1. The fourth-order valence-electron chi connectivity index (χ4n) is 3.40. The van der Waals surface area contributed by atoms with Gasteiger partial charge in [-0.3, -0.25) is 4.79 Å². The third-order valence-corrected chi connectivity index (χ3v) is 6.20. The van der Waals surface area contributed by atoms with Crippen LogP contribution in [0.25, 0.3) is 21.6 Å². The van der Waals surface area contributed by atoms with Gasteiger partial charge in [0.1, 0.15) is 5.00 Å². The van der Waals surface area contributed by atoms with Gasteiger partial charge in [-0.15, -0.1) is 11.3 Å². The second-order valence-corrected chi connectivity index (χ2v) is 8.56. The highest BCUT2D eigenvalue weighted by molar-refractivity contribution is 7.20. The monoisotopic (exact) mass is 485 g/mol. The van der Waals surface area contributed by atoms with Crippen molar-refractivity contribution in [2.75, 3.05) is 18.5 Å². The maximum atomic E-state index is 12.5. The van der Waals surface area contributed by atoms with Gasteiger partial charge in [0.05, 0.1) is 17.7 Å². The number of ether oxygens (including phenoxy) is 2. The number of hydrogen-bond acceptors (Lipinski definition) is 6. The lowest BCUT2D eigenvalue weighted by molar-refractivity contribution is -0.119. The van der Waals surface area contributed by atoms with E-state index in [0.29, 0.717) is 10.6 Å². The van der Waals surface area contributed by atoms with Crippen molar-refractivity contribution in [3.63, 3.8) is 0 Å². The summed E-state index contributed by atoms with van der Waals surface area (Å²) >= 11 is 1.25. The molecule has 7 heteroatoms. The third-order valence-electron chi connectivity index (χ3n) is 5.10. The van der Waals surface area contributed by atoms with Gasteiger partial charge in [0, 0.05) is 4.88 Å². The largest absolute Gasteiger partial charge is 0.462 e. The molecule has 6 nitrogen and oxygen atoms in total. The summed E-state index contributed by atoms with van der Waals surface area (Å²) in [6.07, 6.45) is 0. The second-order valence-electron chi connectivity index (χ2n) is 7.51. The summed E-state index contributed by atoms with van der Waals surface area (Å²) in [6, 6.07) is 28.0. The van der Waals surface area contributed by atoms with Crippen LogP contribution in [0.3, 0.4) is 0 Å². The molecule has 0 radical (unpaired) electrons. The molecule has 1 heterocycles. The van der Waals surface area contributed by atoms with Gasteiger partial charge in [0.25, 0.3) is 5.91 Å². The van der Waals surface area contributed by atoms with Crippen LogP contribution < -0.4 is 5.32 Å². The van der Waals surface area contributed by atoms with Crippen molar-refractivity contribution >= 4 is 34.2 Å². The predicted molar refractivity (Wildman–Crippen MR) is 137 cm³/mol. The molecule has 1 aromatic heterocycles. The number of carbonyl (C=O) groups is 3. The first-order valence-electron chi connectivity index (χ1n) is 11.0. The van der Waals surface area contributed by atoms with Gasteiger partial charge >= 0.3 is 11.9 Å². The summed E-state index contributed by atoms with van der Waals surface area (Å²) < 4.78 is 10.3. The quantitative estimate of drug-likeness (QED) is 0.307. The van der Waals surface area contributed by atoms with E-state index in [1.165, 1.54) is 11.3 Å². The van der Waals surface area contributed by atoms with E-state index in [4.69, 9.17) is 9.47 Å². The molecule has 0 saturated heterocycles. The molecule has 0 saturated carbocycles. The van der Waals surface area contributed by atoms with Crippen LogP contribution in [-0.2, 0) is 14.3 Å². The van der Waals surface area contributed by atoms with Crippen molar-refractivity contribution in [1.29, 1.82) is 0 Å². The molecular weight excluding hydrogens is 462 g/mol. The number of esters is 2. The molecule has 0 aliphatic carbocycles. The maximum absolute atomic E-state index is 12.5. The van der Waals surface area contributed by atoms with Gasteiger partial charge in [-0.05, 0) is 41.8 Å². The first-order chi connectivity index (χ1) is 17.0. The van der Waals surface area contributed by atoms with Crippen molar-refractivity contribution < 1.29 is 23.9 Å². The molecule has 0 aliphatic rings. The van der Waals surface area contributed by atoms with Crippen LogP contribution >= 0.6 is 11.3 Å². The fourth-order valence-corrected chi connectivity index (χ4v) is 4.46. The number of anilines is 1. The first kappa shape index (κ1) is 23.9. The van der Waals surface area contributed by atoms with Crippen molar-refractivity contribution in [2.45, 2.75) is 6.92 Å². The topological polar surface area (TPSA) is 81.7 Å². The van der Waals surface area contributed by atoms with Crippen LogP contribution in [0.1, 0.15) is 27.6 Å². The summed E-state index contributed by atoms with van der Waals surface area (Å²) in [4.78, 5) is 38.2. The molecule has 1 amide bonds. The Morgan fingerprint density at radius 3 is 1.97 bits per heavy atom. The van der Waals surface area contributed by atoms with Gasteiger partial charge < -0.3 is 14.8 Å². The van der Waals surface area contributed by atoms with Crippen LogP contribution in [0.5, 0.6) is 0 Å². The standard InChI is InChI=1S/C28H23NO5S/c1-2-33-28(32)23-17-24(21-11-7-4-8-12-21)35-26(23)29-25(30)18-34-27(31)22-15-13-20(14-16-22)19-9-5-3-6-10-19/h3-17H,2,18H2,1H3,(H,29,30). The van der Waals surface area contributed by atoms with Crippen LogP contribution in [0.4, 0.5) is 5.00 Å². The SMILES string of the molecule is CCOC(=O)c1cc(-c2ccccc2)sc1NC(=O)COC(=O)c1ccc(-c2ccccc2)cc1. The van der Waals surface area contributed by atoms with Crippen LogP contribution in [0.15, 0.2) is 91.0 Å². The average molecular weight is 486 g/mol. The lowest BCUT2D eigenvalue weighted by Gasteiger charge is -2.08. The number of rotatable bonds is 8. The zero-order chi connectivity index (χ0) is 24.6. The predicted octanol–water partition coefficient (Wildman–Crippen LogP) is 6.05. The number of carbonyl (C=O) groups excluding carboxylic acids is 3. The van der Waals surface area contributed by atoms with E-state index < -0.39 is 24.5 Å². The molecular formula is C28H23NO5S. The maximum Gasteiger partial charge on any atom is 0.341 e. The Morgan fingerprint density at radius 1 is 0.743 bits per heavy atom. The Hall–Kier alpha value is -4.23. The summed E-state index contributed by atoms with van der Waals surface area (Å²) in [5.74, 6) is -1.69. The minimum absolute atomic E-state index is 0.212.